The van der Waals surface area contributed by atoms with E-state index < -0.39 is 24.2 Å². The number of nitrogens with one attached hydrogen (secondary N) is 1. The van der Waals surface area contributed by atoms with Gasteiger partial charge in [0.15, 0.2) is 0 Å². The fourth-order valence-electron chi connectivity index (χ4n) is 3.12. The van der Waals surface area contributed by atoms with Crippen LogP contribution in [0.1, 0.15) is 17.5 Å². The molecule has 6 heteroatoms. The van der Waals surface area contributed by atoms with Gasteiger partial charge >= 0.3 is 5.97 Å². The number of carboxylic acids is 1. The van der Waals surface area contributed by atoms with Crippen molar-refractivity contribution in [3.63, 3.8) is 0 Å². The molecule has 0 aromatic heterocycles. The molecule has 112 valence electrons. The second-order valence-electron chi connectivity index (χ2n) is 5.64. The van der Waals surface area contributed by atoms with Gasteiger partial charge in [0.1, 0.15) is 6.04 Å². The maximum Gasteiger partial charge on any atom is 0.326 e. The summed E-state index contributed by atoms with van der Waals surface area (Å²) in [4.78, 5) is 25.1. The summed E-state index contributed by atoms with van der Waals surface area (Å²) in [7, 11) is 0. The van der Waals surface area contributed by atoms with Crippen molar-refractivity contribution in [1.29, 1.82) is 0 Å². The highest BCUT2D eigenvalue weighted by atomic mass is 16.4. The third-order valence-electron chi connectivity index (χ3n) is 4.23. The summed E-state index contributed by atoms with van der Waals surface area (Å²) < 4.78 is 0. The number of carboxylic acid groups (broad SMARTS) is 1. The largest absolute Gasteiger partial charge is 0.480 e. The molecule has 2 heterocycles. The average Bonchev–Trinajstić information content (AvgIpc) is 2.88. The Labute approximate surface area is 122 Å². The fraction of sp³-hybridized carbons (Fsp3) is 0.467. The molecule has 1 amide bonds. The van der Waals surface area contributed by atoms with Gasteiger partial charge in [-0.15, -0.1) is 0 Å². The molecule has 1 fully saturated rings. The monoisotopic (exact) mass is 290 g/mol. The van der Waals surface area contributed by atoms with Gasteiger partial charge < -0.3 is 20.4 Å². The van der Waals surface area contributed by atoms with Crippen molar-refractivity contribution in [2.24, 2.45) is 0 Å². The van der Waals surface area contributed by atoms with Gasteiger partial charge in [-0.1, -0.05) is 24.3 Å². The first kappa shape index (κ1) is 14.0. The molecule has 1 aromatic rings. The van der Waals surface area contributed by atoms with E-state index in [2.05, 4.69) is 5.32 Å². The van der Waals surface area contributed by atoms with Crippen LogP contribution in [0.2, 0.25) is 0 Å². The second kappa shape index (κ2) is 5.46. The highest BCUT2D eigenvalue weighted by Crippen LogP contribution is 2.22. The van der Waals surface area contributed by atoms with Crippen LogP contribution in [0, 0.1) is 0 Å². The number of benzene rings is 1. The first-order chi connectivity index (χ1) is 10.1. The Hall–Kier alpha value is -1.92. The van der Waals surface area contributed by atoms with Gasteiger partial charge in [-0.3, -0.25) is 4.79 Å². The van der Waals surface area contributed by atoms with Crippen LogP contribution in [0.25, 0.3) is 0 Å². The molecule has 0 saturated carbocycles. The van der Waals surface area contributed by atoms with Crippen LogP contribution >= 0.6 is 0 Å². The van der Waals surface area contributed by atoms with Gasteiger partial charge in [0.25, 0.3) is 0 Å². The number of aliphatic hydroxyl groups is 1. The van der Waals surface area contributed by atoms with E-state index in [0.717, 1.165) is 11.1 Å². The normalized spacial score (nSPS) is 28.2. The number of nitrogens with zero attached hydrogens (tertiary/aromatic N) is 1. The smallest absolute Gasteiger partial charge is 0.326 e. The zero-order chi connectivity index (χ0) is 15.0. The van der Waals surface area contributed by atoms with Crippen molar-refractivity contribution >= 4 is 11.9 Å². The second-order valence-corrected chi connectivity index (χ2v) is 5.64. The highest BCUT2D eigenvalue weighted by molar-refractivity contribution is 5.88. The van der Waals surface area contributed by atoms with Gasteiger partial charge in [0.2, 0.25) is 5.91 Å². The molecule has 1 aromatic carbocycles. The molecule has 21 heavy (non-hydrogen) atoms. The molecule has 3 rings (SSSR count). The molecule has 0 aliphatic carbocycles. The molecular weight excluding hydrogens is 272 g/mol. The summed E-state index contributed by atoms with van der Waals surface area (Å²) in [6.07, 6.45) is -0.107. The lowest BCUT2D eigenvalue weighted by Crippen LogP contribution is -2.52. The highest BCUT2D eigenvalue weighted by Gasteiger charge is 2.41. The van der Waals surface area contributed by atoms with E-state index in [4.69, 9.17) is 0 Å². The topological polar surface area (TPSA) is 89.9 Å². The minimum atomic E-state index is -1.06. The predicted octanol–water partition coefficient (Wildman–Crippen LogP) is -0.253. The molecule has 2 aliphatic heterocycles. The predicted molar refractivity (Wildman–Crippen MR) is 74.5 cm³/mol. The van der Waals surface area contributed by atoms with Crippen LogP contribution in [0.15, 0.2) is 24.3 Å². The molecule has 2 unspecified atom stereocenters. The van der Waals surface area contributed by atoms with Crippen LogP contribution in [0.4, 0.5) is 0 Å². The summed E-state index contributed by atoms with van der Waals surface area (Å²) in [6, 6.07) is 6.55. The van der Waals surface area contributed by atoms with Crippen LogP contribution in [-0.4, -0.2) is 51.7 Å². The number of hydrogen-bond acceptors (Lipinski definition) is 4. The standard InChI is InChI=1S/C15H18N2O4/c18-11-6-13(15(20)21)17(8-11)14(19)12-5-9-3-1-2-4-10(9)7-16-12/h1-4,11-13,16,18H,5-8H2,(H,20,21)/t11?,12-,13?/m1/s1. The Morgan fingerprint density at radius 1 is 1.24 bits per heavy atom. The van der Waals surface area contributed by atoms with E-state index in [1.165, 1.54) is 4.90 Å². The summed E-state index contributed by atoms with van der Waals surface area (Å²) >= 11 is 0. The van der Waals surface area contributed by atoms with Gasteiger partial charge in [-0.05, 0) is 17.5 Å². The van der Waals surface area contributed by atoms with E-state index in [9.17, 15) is 19.8 Å². The van der Waals surface area contributed by atoms with Gasteiger partial charge in [0.05, 0.1) is 12.1 Å². The quantitative estimate of drug-likeness (QED) is 0.699. The third kappa shape index (κ3) is 2.64. The molecule has 6 nitrogen and oxygen atoms in total. The molecule has 0 spiro atoms. The number of amides is 1. The van der Waals surface area contributed by atoms with E-state index >= 15 is 0 Å². The minimum Gasteiger partial charge on any atom is -0.480 e. The van der Waals surface area contributed by atoms with Crippen molar-refractivity contribution in [1.82, 2.24) is 10.2 Å². The summed E-state index contributed by atoms with van der Waals surface area (Å²) in [5.74, 6) is -1.30. The number of aliphatic hydroxyl groups excluding tert-OH is 1. The van der Waals surface area contributed by atoms with E-state index in [1.54, 1.807) is 0 Å². The number of likely N-dealkylation sites (tertiary alicyclic amines) is 1. The zero-order valence-corrected chi connectivity index (χ0v) is 11.5. The number of fused-ring (bicyclic) bond motifs is 1. The first-order valence-electron chi connectivity index (χ1n) is 7.08. The maximum absolute atomic E-state index is 12.6. The van der Waals surface area contributed by atoms with E-state index in [1.807, 2.05) is 24.3 Å². The molecular formula is C15H18N2O4. The zero-order valence-electron chi connectivity index (χ0n) is 11.5. The van der Waals surface area contributed by atoms with Crippen molar-refractivity contribution in [2.75, 3.05) is 6.54 Å². The number of β-amino-alcohol motifs (C(OH)–C–C–N with tert-alkyl or cyclic N) is 1. The number of carbonyl (C=O) groups excluding carboxylic acids is 1. The van der Waals surface area contributed by atoms with Crippen LogP contribution in [-0.2, 0) is 22.6 Å². The van der Waals surface area contributed by atoms with Crippen molar-refractivity contribution in [3.05, 3.63) is 35.4 Å². The van der Waals surface area contributed by atoms with E-state index in [-0.39, 0.29) is 18.9 Å². The minimum absolute atomic E-state index is 0.0929. The van der Waals surface area contributed by atoms with Gasteiger partial charge in [-0.25, -0.2) is 4.79 Å². The Morgan fingerprint density at radius 2 is 1.95 bits per heavy atom. The van der Waals surface area contributed by atoms with Crippen LogP contribution in [0.5, 0.6) is 0 Å². The lowest BCUT2D eigenvalue weighted by atomic mass is 9.95. The first-order valence-corrected chi connectivity index (χ1v) is 7.08. The van der Waals surface area contributed by atoms with Crippen molar-refractivity contribution in [3.8, 4) is 0 Å². The van der Waals surface area contributed by atoms with Gasteiger partial charge in [0, 0.05) is 19.5 Å². The summed E-state index contributed by atoms with van der Waals surface area (Å²) in [5.41, 5.74) is 2.28. The number of aliphatic carboxylic acids is 1. The molecule has 2 aliphatic rings. The summed E-state index contributed by atoms with van der Waals surface area (Å²) in [6.45, 7) is 0.691. The fourth-order valence-corrected chi connectivity index (χ4v) is 3.12. The average molecular weight is 290 g/mol. The molecule has 0 radical (unpaired) electrons. The summed E-state index contributed by atoms with van der Waals surface area (Å²) in [5, 5.41) is 22.0. The molecule has 3 N–H and O–H groups in total. The van der Waals surface area contributed by atoms with Crippen LogP contribution < -0.4 is 5.32 Å². The Kier molecular flexibility index (Phi) is 3.65. The molecule has 1 saturated heterocycles. The van der Waals surface area contributed by atoms with Crippen LogP contribution in [0.3, 0.4) is 0 Å². The van der Waals surface area contributed by atoms with Crippen molar-refractivity contribution < 1.29 is 19.8 Å². The van der Waals surface area contributed by atoms with Gasteiger partial charge in [-0.2, -0.15) is 0 Å². The van der Waals surface area contributed by atoms with Crippen molar-refractivity contribution in [2.45, 2.75) is 37.6 Å². The maximum atomic E-state index is 12.6. The third-order valence-corrected chi connectivity index (χ3v) is 4.23. The SMILES string of the molecule is O=C(O)C1CC(O)CN1C(=O)[C@H]1Cc2ccccc2CN1. The Morgan fingerprint density at radius 3 is 2.67 bits per heavy atom. The molecule has 0 bridgehead atoms. The van der Waals surface area contributed by atoms with E-state index in [0.29, 0.717) is 13.0 Å². The lowest BCUT2D eigenvalue weighted by molar-refractivity contribution is -0.149. The Bertz CT molecular complexity index is 575. The number of rotatable bonds is 2. The number of hydrogen-bond donors (Lipinski definition) is 3. The lowest BCUT2D eigenvalue weighted by Gasteiger charge is -2.30. The number of carbonyl (C=O) groups is 2. The molecule has 3 atom stereocenters. The Balaban J connectivity index is 1.76.